The maximum absolute atomic E-state index is 10.5. The molecule has 4 N–H and O–H groups in total. The average Bonchev–Trinajstić information content (AvgIpc) is 2.73. The number of rotatable bonds is 1. The Morgan fingerprint density at radius 2 is 1.69 bits per heavy atom. The van der Waals surface area contributed by atoms with E-state index in [1.165, 1.54) is 12.8 Å². The quantitative estimate of drug-likeness (QED) is 0.540. The van der Waals surface area contributed by atoms with E-state index >= 15 is 0 Å². The lowest BCUT2D eigenvalue weighted by molar-refractivity contribution is -0.0379. The van der Waals surface area contributed by atoms with Crippen LogP contribution in [0, 0.1) is 0 Å². The molecule has 3 rings (SSSR count). The minimum absolute atomic E-state index is 0.226. The number of hydrogen-bond donors (Lipinski definition) is 3. The van der Waals surface area contributed by atoms with Crippen LogP contribution < -0.4 is 11.1 Å². The van der Waals surface area contributed by atoms with Crippen molar-refractivity contribution in [2.75, 3.05) is 0 Å². The summed E-state index contributed by atoms with van der Waals surface area (Å²) in [5.74, 6) is 0. The highest BCUT2D eigenvalue weighted by Gasteiger charge is 2.59. The van der Waals surface area contributed by atoms with Crippen LogP contribution in [0.1, 0.15) is 38.5 Å². The van der Waals surface area contributed by atoms with E-state index < -0.39 is 5.60 Å². The third-order valence-electron chi connectivity index (χ3n) is 4.22. The summed E-state index contributed by atoms with van der Waals surface area (Å²) >= 11 is 0. The standard InChI is InChI=1S/C10H18N2O/c11-9(3-4-9)10(13)5-7-1-2-8(6-10)12-7/h7-8,12-13H,1-6,11H2. The summed E-state index contributed by atoms with van der Waals surface area (Å²) in [5, 5.41) is 14.0. The molecule has 2 bridgehead atoms. The zero-order chi connectivity index (χ0) is 9.10. The molecule has 3 aliphatic rings. The molecular formula is C10H18N2O. The first kappa shape index (κ1) is 8.21. The molecule has 0 amide bonds. The summed E-state index contributed by atoms with van der Waals surface area (Å²) in [4.78, 5) is 0. The number of nitrogens with two attached hydrogens (primary N) is 1. The van der Waals surface area contributed by atoms with Gasteiger partial charge in [0.25, 0.3) is 0 Å². The number of aliphatic hydroxyl groups is 1. The van der Waals surface area contributed by atoms with E-state index in [0.29, 0.717) is 12.1 Å². The number of piperidine rings is 1. The summed E-state index contributed by atoms with van der Waals surface area (Å²) in [6.07, 6.45) is 6.23. The van der Waals surface area contributed by atoms with Gasteiger partial charge in [-0.2, -0.15) is 0 Å². The third kappa shape index (κ3) is 1.07. The lowest BCUT2D eigenvalue weighted by Gasteiger charge is -2.41. The Morgan fingerprint density at radius 1 is 1.15 bits per heavy atom. The zero-order valence-corrected chi connectivity index (χ0v) is 7.92. The molecule has 13 heavy (non-hydrogen) atoms. The van der Waals surface area contributed by atoms with Crippen LogP contribution in [-0.4, -0.2) is 28.3 Å². The van der Waals surface area contributed by atoms with Crippen molar-refractivity contribution >= 4 is 0 Å². The number of nitrogens with one attached hydrogen (secondary N) is 1. The van der Waals surface area contributed by atoms with Crippen molar-refractivity contribution in [3.05, 3.63) is 0 Å². The molecule has 3 heteroatoms. The van der Waals surface area contributed by atoms with E-state index in [9.17, 15) is 5.11 Å². The van der Waals surface area contributed by atoms with Crippen molar-refractivity contribution in [3.8, 4) is 0 Å². The first-order valence-electron chi connectivity index (χ1n) is 5.39. The smallest absolute Gasteiger partial charge is 0.0855 e. The molecule has 1 saturated carbocycles. The minimum Gasteiger partial charge on any atom is -0.388 e. The Hall–Kier alpha value is -0.120. The highest BCUT2D eigenvalue weighted by molar-refractivity contribution is 5.18. The van der Waals surface area contributed by atoms with Gasteiger partial charge in [-0.15, -0.1) is 0 Å². The summed E-state index contributed by atoms with van der Waals surface area (Å²) < 4.78 is 0. The molecule has 0 radical (unpaired) electrons. The lowest BCUT2D eigenvalue weighted by atomic mass is 9.80. The van der Waals surface area contributed by atoms with Crippen LogP contribution in [0.15, 0.2) is 0 Å². The second kappa shape index (κ2) is 2.27. The van der Waals surface area contributed by atoms with Crippen LogP contribution >= 0.6 is 0 Å². The van der Waals surface area contributed by atoms with Gasteiger partial charge in [0.05, 0.1) is 5.60 Å². The van der Waals surface area contributed by atoms with Crippen molar-refractivity contribution in [3.63, 3.8) is 0 Å². The van der Waals surface area contributed by atoms with Crippen LogP contribution in [0.2, 0.25) is 0 Å². The largest absolute Gasteiger partial charge is 0.388 e. The van der Waals surface area contributed by atoms with Crippen LogP contribution in [0.4, 0.5) is 0 Å². The molecule has 1 aliphatic carbocycles. The van der Waals surface area contributed by atoms with Gasteiger partial charge in [0.1, 0.15) is 0 Å². The molecule has 0 aromatic rings. The van der Waals surface area contributed by atoms with Crippen molar-refractivity contribution in [1.29, 1.82) is 0 Å². The van der Waals surface area contributed by atoms with Gasteiger partial charge < -0.3 is 16.2 Å². The molecule has 0 aromatic carbocycles. The maximum Gasteiger partial charge on any atom is 0.0855 e. The molecule has 2 saturated heterocycles. The predicted molar refractivity (Wildman–Crippen MR) is 50.3 cm³/mol. The van der Waals surface area contributed by atoms with Gasteiger partial charge in [-0.1, -0.05) is 0 Å². The van der Waals surface area contributed by atoms with Gasteiger partial charge in [-0.25, -0.2) is 0 Å². The molecule has 2 unspecified atom stereocenters. The second-order valence-electron chi connectivity index (χ2n) is 5.23. The van der Waals surface area contributed by atoms with Gasteiger partial charge >= 0.3 is 0 Å². The molecule has 2 aliphatic heterocycles. The SMILES string of the molecule is NC1(C2(O)CC3CCC(C2)N3)CC1. The monoisotopic (exact) mass is 182 g/mol. The van der Waals surface area contributed by atoms with Gasteiger partial charge in [0.2, 0.25) is 0 Å². The van der Waals surface area contributed by atoms with Gasteiger partial charge in [-0.05, 0) is 38.5 Å². The summed E-state index contributed by atoms with van der Waals surface area (Å²) in [6, 6.07) is 1.06. The first-order chi connectivity index (χ1) is 6.11. The van der Waals surface area contributed by atoms with Crippen LogP contribution in [0.25, 0.3) is 0 Å². The van der Waals surface area contributed by atoms with E-state index in [2.05, 4.69) is 5.32 Å². The van der Waals surface area contributed by atoms with Gasteiger partial charge in [0, 0.05) is 17.6 Å². The fourth-order valence-electron chi connectivity index (χ4n) is 3.13. The van der Waals surface area contributed by atoms with Crippen LogP contribution in [0.5, 0.6) is 0 Å². The summed E-state index contributed by atoms with van der Waals surface area (Å²) in [5.41, 5.74) is 5.35. The zero-order valence-electron chi connectivity index (χ0n) is 7.92. The fraction of sp³-hybridized carbons (Fsp3) is 1.00. The van der Waals surface area contributed by atoms with E-state index in [-0.39, 0.29) is 5.54 Å². The normalized spacial score (nSPS) is 52.2. The molecule has 3 nitrogen and oxygen atoms in total. The second-order valence-corrected chi connectivity index (χ2v) is 5.23. The van der Waals surface area contributed by atoms with E-state index in [0.717, 1.165) is 25.7 Å². The summed E-state index contributed by atoms with van der Waals surface area (Å²) in [6.45, 7) is 0. The summed E-state index contributed by atoms with van der Waals surface area (Å²) in [7, 11) is 0. The molecule has 3 fully saturated rings. The molecular weight excluding hydrogens is 164 g/mol. The number of hydrogen-bond acceptors (Lipinski definition) is 3. The Bertz CT molecular complexity index is 225. The Labute approximate surface area is 78.7 Å². The van der Waals surface area contributed by atoms with Gasteiger partial charge in [-0.3, -0.25) is 0 Å². The first-order valence-corrected chi connectivity index (χ1v) is 5.39. The van der Waals surface area contributed by atoms with E-state index in [1.54, 1.807) is 0 Å². The molecule has 74 valence electrons. The highest BCUT2D eigenvalue weighted by Crippen LogP contribution is 2.50. The lowest BCUT2D eigenvalue weighted by Crippen LogP contribution is -2.59. The topological polar surface area (TPSA) is 58.3 Å². The molecule has 2 atom stereocenters. The van der Waals surface area contributed by atoms with Crippen molar-refractivity contribution < 1.29 is 5.11 Å². The maximum atomic E-state index is 10.5. The highest BCUT2D eigenvalue weighted by atomic mass is 16.3. The molecule has 0 aromatic heterocycles. The third-order valence-corrected chi connectivity index (χ3v) is 4.22. The van der Waals surface area contributed by atoms with Crippen molar-refractivity contribution in [2.45, 2.75) is 61.7 Å². The van der Waals surface area contributed by atoms with Gasteiger partial charge in [0.15, 0.2) is 0 Å². The van der Waals surface area contributed by atoms with Crippen molar-refractivity contribution in [1.82, 2.24) is 5.32 Å². The Morgan fingerprint density at radius 3 is 2.15 bits per heavy atom. The minimum atomic E-state index is -0.552. The Balaban J connectivity index is 1.84. The van der Waals surface area contributed by atoms with E-state index in [1.807, 2.05) is 0 Å². The molecule has 0 spiro atoms. The average molecular weight is 182 g/mol. The van der Waals surface area contributed by atoms with Crippen LogP contribution in [0.3, 0.4) is 0 Å². The fourth-order valence-corrected chi connectivity index (χ4v) is 3.13. The van der Waals surface area contributed by atoms with E-state index in [4.69, 9.17) is 5.73 Å². The molecule has 2 heterocycles. The predicted octanol–water partition coefficient (Wildman–Crippen LogP) is 0.123. The van der Waals surface area contributed by atoms with Crippen molar-refractivity contribution in [2.24, 2.45) is 5.73 Å². The van der Waals surface area contributed by atoms with Crippen LogP contribution in [-0.2, 0) is 0 Å². The number of fused-ring (bicyclic) bond motifs is 2. The Kier molecular flexibility index (Phi) is 1.43.